The highest BCUT2D eigenvalue weighted by molar-refractivity contribution is 6.31. The molecule has 1 saturated heterocycles. The average molecular weight is 390 g/mol. The SMILES string of the molecule is O=C1CC2(CCN(C(=O)c3cccc(Cl)c3)CC2)Oc2ccc(Cl)cc21. The van der Waals surface area contributed by atoms with Crippen LogP contribution in [0.25, 0.3) is 0 Å². The molecule has 0 aliphatic carbocycles. The number of benzene rings is 2. The van der Waals surface area contributed by atoms with Gasteiger partial charge in [0, 0.05) is 41.5 Å². The van der Waals surface area contributed by atoms with Crippen LogP contribution in [-0.2, 0) is 0 Å². The normalized spacial score (nSPS) is 18.4. The minimum absolute atomic E-state index is 0.0448. The lowest BCUT2D eigenvalue weighted by Crippen LogP contribution is -2.52. The second-order valence-corrected chi connectivity index (χ2v) is 7.70. The van der Waals surface area contributed by atoms with Crippen LogP contribution in [0.2, 0.25) is 10.0 Å². The van der Waals surface area contributed by atoms with Crippen LogP contribution in [-0.4, -0.2) is 35.3 Å². The van der Waals surface area contributed by atoms with Crippen molar-refractivity contribution in [3.8, 4) is 5.75 Å². The maximum atomic E-state index is 12.7. The first kappa shape index (κ1) is 17.4. The van der Waals surface area contributed by atoms with Crippen molar-refractivity contribution in [2.24, 2.45) is 0 Å². The number of ketones is 1. The molecule has 26 heavy (non-hydrogen) atoms. The molecule has 2 aromatic carbocycles. The van der Waals surface area contributed by atoms with E-state index >= 15 is 0 Å². The van der Waals surface area contributed by atoms with Crippen LogP contribution in [0.1, 0.15) is 40.0 Å². The van der Waals surface area contributed by atoms with Gasteiger partial charge in [-0.2, -0.15) is 0 Å². The molecule has 2 heterocycles. The van der Waals surface area contributed by atoms with Gasteiger partial charge < -0.3 is 9.64 Å². The molecule has 0 unspecified atom stereocenters. The van der Waals surface area contributed by atoms with Crippen LogP contribution in [0, 0.1) is 0 Å². The van der Waals surface area contributed by atoms with Gasteiger partial charge in [0.1, 0.15) is 11.4 Å². The van der Waals surface area contributed by atoms with Crippen molar-refractivity contribution < 1.29 is 14.3 Å². The fraction of sp³-hybridized carbons (Fsp3) is 0.300. The van der Waals surface area contributed by atoms with Crippen molar-refractivity contribution >= 4 is 34.9 Å². The molecule has 0 atom stereocenters. The van der Waals surface area contributed by atoms with Gasteiger partial charge in [0.05, 0.1) is 12.0 Å². The molecule has 2 aliphatic rings. The predicted molar refractivity (Wildman–Crippen MR) is 100 cm³/mol. The number of carbonyl (C=O) groups is 2. The third-order valence-corrected chi connectivity index (χ3v) is 5.55. The summed E-state index contributed by atoms with van der Waals surface area (Å²) in [5.74, 6) is 0.584. The molecule has 0 bridgehead atoms. The Bertz CT molecular complexity index is 888. The maximum Gasteiger partial charge on any atom is 0.253 e. The van der Waals surface area contributed by atoms with Crippen molar-refractivity contribution in [1.82, 2.24) is 4.90 Å². The summed E-state index contributed by atoms with van der Waals surface area (Å²) in [7, 11) is 0. The van der Waals surface area contributed by atoms with Crippen LogP contribution in [0.4, 0.5) is 0 Å². The number of likely N-dealkylation sites (tertiary alicyclic amines) is 1. The van der Waals surface area contributed by atoms with E-state index in [4.69, 9.17) is 27.9 Å². The van der Waals surface area contributed by atoms with E-state index in [2.05, 4.69) is 0 Å². The molecule has 0 saturated carbocycles. The molecule has 1 fully saturated rings. The molecular weight excluding hydrogens is 373 g/mol. The Labute approximate surface area is 161 Å². The third-order valence-electron chi connectivity index (χ3n) is 5.08. The number of ether oxygens (including phenoxy) is 1. The summed E-state index contributed by atoms with van der Waals surface area (Å²) in [6.45, 7) is 1.09. The van der Waals surface area contributed by atoms with Crippen LogP contribution in [0.15, 0.2) is 42.5 Å². The number of rotatable bonds is 1. The molecule has 1 amide bonds. The first-order valence-corrected chi connectivity index (χ1v) is 9.28. The number of carbonyl (C=O) groups excluding carboxylic acids is 2. The fourth-order valence-corrected chi connectivity index (χ4v) is 4.03. The quantitative estimate of drug-likeness (QED) is 0.713. The van der Waals surface area contributed by atoms with E-state index in [9.17, 15) is 9.59 Å². The zero-order valence-electron chi connectivity index (χ0n) is 14.0. The third kappa shape index (κ3) is 3.19. The first-order chi connectivity index (χ1) is 12.5. The van der Waals surface area contributed by atoms with Gasteiger partial charge in [0.2, 0.25) is 0 Å². The van der Waals surface area contributed by atoms with Crippen LogP contribution in [0.3, 0.4) is 0 Å². The number of fused-ring (bicyclic) bond motifs is 1. The molecule has 0 radical (unpaired) electrons. The van der Waals surface area contributed by atoms with Crippen molar-refractivity contribution in [2.75, 3.05) is 13.1 Å². The van der Waals surface area contributed by atoms with Gasteiger partial charge in [-0.25, -0.2) is 0 Å². The second-order valence-electron chi connectivity index (χ2n) is 6.83. The first-order valence-electron chi connectivity index (χ1n) is 8.52. The minimum Gasteiger partial charge on any atom is -0.486 e. The van der Waals surface area contributed by atoms with Gasteiger partial charge in [-0.3, -0.25) is 9.59 Å². The van der Waals surface area contributed by atoms with E-state index < -0.39 is 5.60 Å². The largest absolute Gasteiger partial charge is 0.486 e. The Kier molecular flexibility index (Phi) is 4.41. The summed E-state index contributed by atoms with van der Waals surface area (Å²) in [6.07, 6.45) is 1.56. The number of hydrogen-bond acceptors (Lipinski definition) is 3. The zero-order valence-corrected chi connectivity index (χ0v) is 15.5. The second kappa shape index (κ2) is 6.60. The summed E-state index contributed by atoms with van der Waals surface area (Å²) in [5, 5.41) is 1.07. The van der Waals surface area contributed by atoms with E-state index in [1.54, 1.807) is 47.4 Å². The molecule has 0 aromatic heterocycles. The van der Waals surface area contributed by atoms with Gasteiger partial charge in [-0.1, -0.05) is 29.3 Å². The summed E-state index contributed by atoms with van der Waals surface area (Å²) < 4.78 is 6.20. The molecule has 0 N–H and O–H groups in total. The topological polar surface area (TPSA) is 46.6 Å². The Morgan fingerprint density at radius 2 is 1.77 bits per heavy atom. The minimum atomic E-state index is -0.539. The number of halogens is 2. The van der Waals surface area contributed by atoms with E-state index in [1.165, 1.54) is 0 Å². The van der Waals surface area contributed by atoms with Crippen LogP contribution in [0.5, 0.6) is 5.75 Å². The van der Waals surface area contributed by atoms with E-state index in [0.717, 1.165) is 0 Å². The van der Waals surface area contributed by atoms with Crippen molar-refractivity contribution in [3.63, 3.8) is 0 Å². The summed E-state index contributed by atoms with van der Waals surface area (Å²) in [5.41, 5.74) is 0.581. The molecule has 1 spiro atoms. The lowest BCUT2D eigenvalue weighted by molar-refractivity contribution is -0.00570. The summed E-state index contributed by atoms with van der Waals surface area (Å²) >= 11 is 12.0. The van der Waals surface area contributed by atoms with E-state index in [-0.39, 0.29) is 11.7 Å². The van der Waals surface area contributed by atoms with Crippen molar-refractivity contribution in [3.05, 3.63) is 63.6 Å². The molecule has 2 aliphatic heterocycles. The van der Waals surface area contributed by atoms with E-state index in [1.807, 2.05) is 0 Å². The molecule has 134 valence electrons. The molecule has 4 nitrogen and oxygen atoms in total. The van der Waals surface area contributed by atoms with Crippen molar-refractivity contribution in [1.29, 1.82) is 0 Å². The highest BCUT2D eigenvalue weighted by atomic mass is 35.5. The number of hydrogen-bond donors (Lipinski definition) is 0. The fourth-order valence-electron chi connectivity index (χ4n) is 3.67. The van der Waals surface area contributed by atoms with Gasteiger partial charge in [-0.15, -0.1) is 0 Å². The maximum absolute atomic E-state index is 12.7. The van der Waals surface area contributed by atoms with Gasteiger partial charge in [0.25, 0.3) is 5.91 Å². The predicted octanol–water partition coefficient (Wildman–Crippen LogP) is 4.63. The Morgan fingerprint density at radius 1 is 1.04 bits per heavy atom. The Morgan fingerprint density at radius 3 is 2.50 bits per heavy atom. The summed E-state index contributed by atoms with van der Waals surface area (Å²) in [4.78, 5) is 27.0. The number of piperidine rings is 1. The molecular formula is C20H17Cl2NO3. The monoisotopic (exact) mass is 389 g/mol. The summed E-state index contributed by atoms with van der Waals surface area (Å²) in [6, 6.07) is 12.1. The number of amides is 1. The Balaban J connectivity index is 1.49. The Hall–Kier alpha value is -2.04. The molecule has 2 aromatic rings. The zero-order chi connectivity index (χ0) is 18.3. The number of Topliss-reactive ketones (excluding diaryl/α,β-unsaturated/α-hetero) is 1. The highest BCUT2D eigenvalue weighted by Gasteiger charge is 2.43. The standard InChI is InChI=1S/C20H17Cl2NO3/c21-14-3-1-2-13(10-14)19(25)23-8-6-20(7-9-23)12-17(24)16-11-15(22)4-5-18(16)26-20/h1-5,10-11H,6-9,12H2. The van der Waals surface area contributed by atoms with Crippen LogP contribution >= 0.6 is 23.2 Å². The lowest BCUT2D eigenvalue weighted by atomic mass is 9.82. The molecule has 4 rings (SSSR count). The molecule has 6 heteroatoms. The van der Waals surface area contributed by atoms with E-state index in [0.29, 0.717) is 59.3 Å². The van der Waals surface area contributed by atoms with Crippen molar-refractivity contribution in [2.45, 2.75) is 24.9 Å². The average Bonchev–Trinajstić information content (AvgIpc) is 2.63. The van der Waals surface area contributed by atoms with Gasteiger partial charge >= 0.3 is 0 Å². The smallest absolute Gasteiger partial charge is 0.253 e. The lowest BCUT2D eigenvalue weighted by Gasteiger charge is -2.44. The van der Waals surface area contributed by atoms with Crippen LogP contribution < -0.4 is 4.74 Å². The highest BCUT2D eigenvalue weighted by Crippen LogP contribution is 2.40. The van der Waals surface area contributed by atoms with Gasteiger partial charge in [0.15, 0.2) is 5.78 Å². The van der Waals surface area contributed by atoms with Gasteiger partial charge in [-0.05, 0) is 36.4 Å². The number of nitrogens with zero attached hydrogens (tertiary/aromatic N) is 1.